The smallest absolute Gasteiger partial charge is 0.192 e. The molecular weight excluding hydrogens is 557 g/mol. The summed E-state index contributed by atoms with van der Waals surface area (Å²) in [6.07, 6.45) is -3.02. The molecule has 4 saturated heterocycles. The Labute approximate surface area is 245 Å². The van der Waals surface area contributed by atoms with Crippen LogP contribution in [0.3, 0.4) is 0 Å². The summed E-state index contributed by atoms with van der Waals surface area (Å²) >= 11 is 3.51. The van der Waals surface area contributed by atoms with Crippen molar-refractivity contribution in [2.75, 3.05) is 18.1 Å². The third-order valence-corrected chi connectivity index (χ3v) is 17.5. The lowest BCUT2D eigenvalue weighted by Gasteiger charge is -2.53. The fourth-order valence-electron chi connectivity index (χ4n) is 5.85. The van der Waals surface area contributed by atoms with Crippen molar-refractivity contribution >= 4 is 31.8 Å². The van der Waals surface area contributed by atoms with Crippen LogP contribution in [-0.2, 0) is 28.1 Å². The molecule has 0 aromatic rings. The number of aliphatic hydroxyl groups excluding tert-OH is 2. The quantitative estimate of drug-likeness (QED) is 0.386. The summed E-state index contributed by atoms with van der Waals surface area (Å²) < 4.78 is 37.0. The average molecular weight is 609 g/mol. The van der Waals surface area contributed by atoms with E-state index in [1.807, 2.05) is 27.7 Å². The lowest BCUT2D eigenvalue weighted by molar-refractivity contribution is -0.336. The molecule has 0 amide bonds. The van der Waals surface area contributed by atoms with Crippen LogP contribution in [0.15, 0.2) is 0 Å². The van der Waals surface area contributed by atoms with Gasteiger partial charge < -0.3 is 38.3 Å². The van der Waals surface area contributed by atoms with Crippen LogP contribution >= 0.6 is 23.5 Å². The normalized spacial score (nSPS) is 39.8. The van der Waals surface area contributed by atoms with Crippen molar-refractivity contribution in [1.29, 1.82) is 0 Å². The largest absolute Gasteiger partial charge is 0.414 e. The minimum atomic E-state index is -1.99. The molecule has 9 atom stereocenters. The van der Waals surface area contributed by atoms with E-state index in [2.05, 4.69) is 47.7 Å². The van der Waals surface area contributed by atoms with Crippen LogP contribution in [0.25, 0.3) is 0 Å². The van der Waals surface area contributed by atoms with Crippen LogP contribution in [0.4, 0.5) is 0 Å². The van der Waals surface area contributed by atoms with Gasteiger partial charge in [-0.1, -0.05) is 34.6 Å². The lowest BCUT2D eigenvalue weighted by atomic mass is 9.84. The first kappa shape index (κ1) is 32.5. The van der Waals surface area contributed by atoms with Crippen LogP contribution < -0.4 is 0 Å². The molecule has 0 aromatic carbocycles. The van der Waals surface area contributed by atoms with Crippen molar-refractivity contribution in [2.24, 2.45) is 11.8 Å². The molecule has 4 heterocycles. The van der Waals surface area contributed by atoms with Crippen LogP contribution in [0.2, 0.25) is 18.1 Å². The van der Waals surface area contributed by atoms with Gasteiger partial charge in [-0.2, -0.15) is 0 Å². The number of rotatable bonds is 7. The summed E-state index contributed by atoms with van der Waals surface area (Å²) in [5.74, 6) is -0.143. The van der Waals surface area contributed by atoms with Crippen molar-refractivity contribution in [2.45, 2.75) is 145 Å². The number of ether oxygens (including phenoxy) is 5. The van der Waals surface area contributed by atoms with Crippen LogP contribution in [-0.4, -0.2) is 95.2 Å². The Bertz CT molecular complexity index is 859. The van der Waals surface area contributed by atoms with Crippen molar-refractivity contribution in [1.82, 2.24) is 0 Å². The number of fused-ring (bicyclic) bond motifs is 1. The summed E-state index contributed by atoms with van der Waals surface area (Å²) in [5.41, 5.74) is 0. The van der Waals surface area contributed by atoms with Gasteiger partial charge >= 0.3 is 0 Å². The molecule has 4 aliphatic heterocycles. The van der Waals surface area contributed by atoms with E-state index in [-0.39, 0.29) is 23.0 Å². The predicted octanol–water partition coefficient (Wildman–Crippen LogP) is 4.97. The highest BCUT2D eigenvalue weighted by molar-refractivity contribution is 8.18. The maximum atomic E-state index is 12.3. The lowest BCUT2D eigenvalue weighted by Crippen LogP contribution is -2.62. The molecule has 0 radical (unpaired) electrons. The fraction of sp³-hybridized carbons (Fsp3) is 1.00. The molecule has 2 N–H and O–H groups in total. The number of hydrogen-bond acceptors (Lipinski definition) is 10. The molecule has 0 aromatic heterocycles. The zero-order valence-electron chi connectivity index (χ0n) is 25.7. The number of aliphatic hydroxyl groups is 2. The Morgan fingerprint density at radius 1 is 0.974 bits per heavy atom. The average Bonchev–Trinajstić information content (AvgIpc) is 3.29. The first-order chi connectivity index (χ1) is 17.8. The van der Waals surface area contributed by atoms with E-state index in [4.69, 9.17) is 28.1 Å². The molecule has 11 heteroatoms. The van der Waals surface area contributed by atoms with E-state index < -0.39 is 60.8 Å². The third-order valence-electron chi connectivity index (χ3n) is 9.22. The highest BCUT2D eigenvalue weighted by Crippen LogP contribution is 2.56. The second-order valence-electron chi connectivity index (χ2n) is 14.1. The molecule has 0 aliphatic carbocycles. The van der Waals surface area contributed by atoms with Gasteiger partial charge in [-0.3, -0.25) is 0 Å². The summed E-state index contributed by atoms with van der Waals surface area (Å²) in [6, 6.07) is 0. The van der Waals surface area contributed by atoms with Gasteiger partial charge in [0.05, 0.1) is 29.0 Å². The first-order valence-corrected chi connectivity index (χ1v) is 19.3. The monoisotopic (exact) mass is 608 g/mol. The highest BCUT2D eigenvalue weighted by atomic mass is 32.2. The minimum Gasteiger partial charge on any atom is -0.414 e. The maximum absolute atomic E-state index is 12.3. The molecule has 0 saturated carbocycles. The highest BCUT2D eigenvalue weighted by Gasteiger charge is 2.62. The SMILES string of the molecule is C[C@H]1[C@H]([C@H](O)C2([C@@H](C)[C@H]3O[C@@H]4OC(C)(C)O[C@@H]4[C@H]3O)SCCCS2)OC(C)(C)O[C@@H]1CO[Si](C)(C)C(C)(C)C. The molecule has 4 aliphatic rings. The zero-order chi connectivity index (χ0) is 29.2. The second kappa shape index (κ2) is 11.3. The molecule has 39 heavy (non-hydrogen) atoms. The first-order valence-electron chi connectivity index (χ1n) is 14.4. The van der Waals surface area contributed by atoms with Gasteiger partial charge in [-0.25, -0.2) is 0 Å². The van der Waals surface area contributed by atoms with Gasteiger partial charge in [0.25, 0.3) is 0 Å². The molecule has 0 spiro atoms. The Hall–Kier alpha value is 0.597. The maximum Gasteiger partial charge on any atom is 0.192 e. The molecule has 8 nitrogen and oxygen atoms in total. The zero-order valence-corrected chi connectivity index (χ0v) is 28.3. The molecule has 4 rings (SSSR count). The molecule has 0 unspecified atom stereocenters. The second-order valence-corrected chi connectivity index (χ2v) is 21.9. The number of hydrogen-bond donors (Lipinski definition) is 2. The van der Waals surface area contributed by atoms with Crippen LogP contribution in [0.1, 0.15) is 68.7 Å². The summed E-state index contributed by atoms with van der Waals surface area (Å²) in [7, 11) is -1.99. The van der Waals surface area contributed by atoms with Crippen molar-refractivity contribution in [3.8, 4) is 0 Å². The molecular formula is C28H52O8S2Si. The van der Waals surface area contributed by atoms with Gasteiger partial charge in [-0.15, -0.1) is 23.5 Å². The van der Waals surface area contributed by atoms with Crippen molar-refractivity contribution in [3.05, 3.63) is 0 Å². The Balaban J connectivity index is 1.56. The Morgan fingerprint density at radius 2 is 1.56 bits per heavy atom. The minimum absolute atomic E-state index is 0.0910. The van der Waals surface area contributed by atoms with Gasteiger partial charge in [-0.05, 0) is 63.8 Å². The van der Waals surface area contributed by atoms with Gasteiger partial charge in [0.2, 0.25) is 0 Å². The molecule has 0 bridgehead atoms. The standard InChI is InChI=1S/C28H52O8S2Si/c1-16-18(15-31-39(10,11)25(3,4)5)33-26(6,7)34-20(16)23(30)28(37-13-12-14-38-28)17(2)21-19(29)22-24(32-21)36-27(8,9)35-22/h16-24,29-30H,12-15H2,1-11H3/t16-,17+,18-,19+,20-,21-,22-,23+,24-/m1/s1. The van der Waals surface area contributed by atoms with Gasteiger partial charge in [0.1, 0.15) is 18.3 Å². The van der Waals surface area contributed by atoms with E-state index in [0.717, 1.165) is 17.9 Å². The number of thioether (sulfide) groups is 2. The Morgan fingerprint density at radius 3 is 2.13 bits per heavy atom. The van der Waals surface area contributed by atoms with E-state index in [0.29, 0.717) is 6.61 Å². The molecule has 228 valence electrons. The molecule has 4 fully saturated rings. The summed E-state index contributed by atoms with van der Waals surface area (Å²) in [5, 5.41) is 23.7. The van der Waals surface area contributed by atoms with Gasteiger partial charge in [0, 0.05) is 11.8 Å². The fourth-order valence-corrected chi connectivity index (χ4v) is 10.5. The van der Waals surface area contributed by atoms with Gasteiger partial charge in [0.15, 0.2) is 26.2 Å². The van der Waals surface area contributed by atoms with E-state index in [1.54, 1.807) is 23.5 Å². The Kier molecular flexibility index (Phi) is 9.39. The van der Waals surface area contributed by atoms with E-state index >= 15 is 0 Å². The van der Waals surface area contributed by atoms with E-state index in [9.17, 15) is 10.2 Å². The topological polar surface area (TPSA) is 95.8 Å². The summed E-state index contributed by atoms with van der Waals surface area (Å²) in [6.45, 7) is 23.3. The van der Waals surface area contributed by atoms with Crippen molar-refractivity contribution in [3.63, 3.8) is 0 Å². The predicted molar refractivity (Wildman–Crippen MR) is 158 cm³/mol. The van der Waals surface area contributed by atoms with Crippen molar-refractivity contribution < 1.29 is 38.3 Å². The van der Waals surface area contributed by atoms with Crippen LogP contribution in [0.5, 0.6) is 0 Å². The van der Waals surface area contributed by atoms with Crippen LogP contribution in [0, 0.1) is 11.8 Å². The van der Waals surface area contributed by atoms with E-state index in [1.165, 1.54) is 0 Å². The third kappa shape index (κ3) is 6.44. The summed E-state index contributed by atoms with van der Waals surface area (Å²) in [4.78, 5) is 0.